The largest absolute Gasteiger partial charge is 0.491 e. The molecule has 3 rings (SSSR count). The number of aromatic nitrogens is 1. The van der Waals surface area contributed by atoms with E-state index in [4.69, 9.17) is 27.9 Å². The maximum absolute atomic E-state index is 12.0. The van der Waals surface area contributed by atoms with Crippen LogP contribution in [0.3, 0.4) is 0 Å². The highest BCUT2D eigenvalue weighted by Crippen LogP contribution is 2.23. The molecule has 0 saturated heterocycles. The highest BCUT2D eigenvalue weighted by molar-refractivity contribution is 6.42. The van der Waals surface area contributed by atoms with Gasteiger partial charge in [-0.15, -0.1) is 0 Å². The third kappa shape index (κ3) is 4.87. The van der Waals surface area contributed by atoms with Crippen LogP contribution in [0.5, 0.6) is 5.75 Å². The summed E-state index contributed by atoms with van der Waals surface area (Å²) < 4.78 is 5.80. The molecule has 0 aliphatic heterocycles. The molecular formula is C20H18Cl2N2O2. The van der Waals surface area contributed by atoms with E-state index in [1.807, 2.05) is 30.3 Å². The van der Waals surface area contributed by atoms with Crippen LogP contribution in [0.1, 0.15) is 12.0 Å². The summed E-state index contributed by atoms with van der Waals surface area (Å²) in [4.78, 5) is 16.3. The molecule has 0 atom stereocenters. The van der Waals surface area contributed by atoms with Gasteiger partial charge in [-0.05, 0) is 36.2 Å². The predicted octanol–water partition coefficient (Wildman–Crippen LogP) is 4.67. The zero-order chi connectivity index (χ0) is 18.4. The zero-order valence-electron chi connectivity index (χ0n) is 14.0. The maximum Gasteiger partial charge on any atom is 0.224 e. The topological polar surface area (TPSA) is 51.2 Å². The fourth-order valence-corrected chi connectivity index (χ4v) is 2.89. The van der Waals surface area contributed by atoms with E-state index in [-0.39, 0.29) is 12.3 Å². The number of para-hydroxylation sites is 1. The van der Waals surface area contributed by atoms with Gasteiger partial charge in [0.05, 0.1) is 23.1 Å². The lowest BCUT2D eigenvalue weighted by atomic mass is 10.1. The smallest absolute Gasteiger partial charge is 0.224 e. The summed E-state index contributed by atoms with van der Waals surface area (Å²) in [5, 5.41) is 4.85. The third-order valence-corrected chi connectivity index (χ3v) is 4.58. The summed E-state index contributed by atoms with van der Waals surface area (Å²) in [5.74, 6) is 0.695. The van der Waals surface area contributed by atoms with Gasteiger partial charge in [0.25, 0.3) is 0 Å². The van der Waals surface area contributed by atoms with Gasteiger partial charge in [0.2, 0.25) is 5.91 Å². The van der Waals surface area contributed by atoms with Crippen LogP contribution in [0.25, 0.3) is 10.9 Å². The number of rotatable bonds is 7. The fourth-order valence-electron chi connectivity index (χ4n) is 2.57. The second-order valence-corrected chi connectivity index (χ2v) is 6.62. The van der Waals surface area contributed by atoms with E-state index in [1.165, 1.54) is 0 Å². The molecule has 26 heavy (non-hydrogen) atoms. The van der Waals surface area contributed by atoms with Crippen molar-refractivity contribution in [1.29, 1.82) is 0 Å². The number of halogens is 2. The van der Waals surface area contributed by atoms with E-state index < -0.39 is 0 Å². The Balaban J connectivity index is 1.42. The first-order chi connectivity index (χ1) is 12.6. The van der Waals surface area contributed by atoms with Crippen molar-refractivity contribution in [2.24, 2.45) is 0 Å². The minimum atomic E-state index is -0.0600. The Labute approximate surface area is 162 Å². The molecule has 0 spiro atoms. The molecule has 1 heterocycles. The minimum absolute atomic E-state index is 0.0600. The minimum Gasteiger partial charge on any atom is -0.491 e. The number of ether oxygens (including phenoxy) is 1. The van der Waals surface area contributed by atoms with Crippen molar-refractivity contribution in [2.45, 2.75) is 12.8 Å². The standard InChI is InChI=1S/C20H18Cl2N2O2/c21-16-8-7-14(12-17(16)22)13-19(25)23-10-3-11-26-18-6-1-4-15-5-2-9-24-20(15)18/h1-2,4-9,12H,3,10-11,13H2,(H,23,25). The van der Waals surface area contributed by atoms with Crippen LogP contribution < -0.4 is 10.1 Å². The van der Waals surface area contributed by atoms with E-state index in [1.54, 1.807) is 24.4 Å². The first kappa shape index (κ1) is 18.5. The summed E-state index contributed by atoms with van der Waals surface area (Å²) in [7, 11) is 0. The summed E-state index contributed by atoms with van der Waals surface area (Å²) in [6.07, 6.45) is 2.72. The third-order valence-electron chi connectivity index (χ3n) is 3.85. The second kappa shape index (κ2) is 8.88. The molecule has 0 aliphatic carbocycles. The number of hydrogen-bond acceptors (Lipinski definition) is 3. The number of amides is 1. The van der Waals surface area contributed by atoms with Gasteiger partial charge in [-0.2, -0.15) is 0 Å². The number of benzene rings is 2. The molecule has 1 N–H and O–H groups in total. The summed E-state index contributed by atoms with van der Waals surface area (Å²) in [5.41, 5.74) is 1.67. The lowest BCUT2D eigenvalue weighted by Crippen LogP contribution is -2.27. The van der Waals surface area contributed by atoms with Crippen molar-refractivity contribution in [3.8, 4) is 5.75 Å². The van der Waals surface area contributed by atoms with Gasteiger partial charge < -0.3 is 10.1 Å². The van der Waals surface area contributed by atoms with Crippen LogP contribution in [0.2, 0.25) is 10.0 Å². The van der Waals surface area contributed by atoms with E-state index in [0.717, 1.165) is 22.2 Å². The second-order valence-electron chi connectivity index (χ2n) is 5.81. The van der Waals surface area contributed by atoms with Crippen molar-refractivity contribution in [3.63, 3.8) is 0 Å². The van der Waals surface area contributed by atoms with Gasteiger partial charge in [0.1, 0.15) is 11.3 Å². The van der Waals surface area contributed by atoms with Crippen LogP contribution in [0, 0.1) is 0 Å². The Kier molecular flexibility index (Phi) is 6.31. The van der Waals surface area contributed by atoms with Gasteiger partial charge >= 0.3 is 0 Å². The highest BCUT2D eigenvalue weighted by atomic mass is 35.5. The number of fused-ring (bicyclic) bond motifs is 1. The van der Waals surface area contributed by atoms with E-state index in [0.29, 0.717) is 29.6 Å². The Bertz CT molecular complexity index is 910. The first-order valence-corrected chi connectivity index (χ1v) is 9.06. The summed E-state index contributed by atoms with van der Waals surface area (Å²) in [6, 6.07) is 14.9. The molecule has 0 saturated carbocycles. The molecule has 134 valence electrons. The molecule has 0 unspecified atom stereocenters. The number of carbonyl (C=O) groups is 1. The monoisotopic (exact) mass is 388 g/mol. The van der Waals surface area contributed by atoms with Gasteiger partial charge in [-0.25, -0.2) is 0 Å². The number of carbonyl (C=O) groups excluding carboxylic acids is 1. The maximum atomic E-state index is 12.0. The summed E-state index contributed by atoms with van der Waals surface area (Å²) >= 11 is 11.8. The van der Waals surface area contributed by atoms with Crippen LogP contribution >= 0.6 is 23.2 Å². The van der Waals surface area contributed by atoms with Crippen LogP contribution in [-0.2, 0) is 11.2 Å². The molecular weight excluding hydrogens is 371 g/mol. The quantitative estimate of drug-likeness (QED) is 0.598. The number of nitrogens with zero attached hydrogens (tertiary/aromatic N) is 1. The van der Waals surface area contributed by atoms with Crippen LogP contribution in [-0.4, -0.2) is 24.0 Å². The van der Waals surface area contributed by atoms with Crippen LogP contribution in [0.15, 0.2) is 54.7 Å². The fraction of sp³-hybridized carbons (Fsp3) is 0.200. The van der Waals surface area contributed by atoms with Crippen molar-refractivity contribution < 1.29 is 9.53 Å². The van der Waals surface area contributed by atoms with Gasteiger partial charge in [0, 0.05) is 18.1 Å². The van der Waals surface area contributed by atoms with Gasteiger partial charge in [-0.1, -0.05) is 47.5 Å². The van der Waals surface area contributed by atoms with Crippen LogP contribution in [0.4, 0.5) is 0 Å². The Hall–Kier alpha value is -2.30. The average molecular weight is 389 g/mol. The molecule has 1 amide bonds. The normalized spacial score (nSPS) is 10.7. The Morgan fingerprint density at radius 3 is 2.77 bits per heavy atom. The van der Waals surface area contributed by atoms with E-state index in [2.05, 4.69) is 10.3 Å². The zero-order valence-corrected chi connectivity index (χ0v) is 15.6. The molecule has 1 aromatic heterocycles. The first-order valence-electron chi connectivity index (χ1n) is 8.30. The number of nitrogens with one attached hydrogen (secondary N) is 1. The lowest BCUT2D eigenvalue weighted by molar-refractivity contribution is -0.120. The highest BCUT2D eigenvalue weighted by Gasteiger charge is 2.06. The van der Waals surface area contributed by atoms with E-state index >= 15 is 0 Å². The molecule has 0 fully saturated rings. The van der Waals surface area contributed by atoms with E-state index in [9.17, 15) is 4.79 Å². The molecule has 3 aromatic rings. The molecule has 0 aliphatic rings. The SMILES string of the molecule is O=C(Cc1ccc(Cl)c(Cl)c1)NCCCOc1cccc2cccnc12. The lowest BCUT2D eigenvalue weighted by Gasteiger charge is -2.09. The molecule has 4 nitrogen and oxygen atoms in total. The molecule has 6 heteroatoms. The van der Waals surface area contributed by atoms with Gasteiger partial charge in [-0.3, -0.25) is 9.78 Å². The number of hydrogen-bond donors (Lipinski definition) is 1. The Morgan fingerprint density at radius 2 is 1.92 bits per heavy atom. The van der Waals surface area contributed by atoms with Crippen molar-refractivity contribution in [2.75, 3.05) is 13.2 Å². The predicted molar refractivity (Wildman–Crippen MR) is 105 cm³/mol. The summed E-state index contributed by atoms with van der Waals surface area (Å²) in [6.45, 7) is 1.04. The van der Waals surface area contributed by atoms with Crippen molar-refractivity contribution in [1.82, 2.24) is 10.3 Å². The molecule has 0 bridgehead atoms. The van der Waals surface area contributed by atoms with Crippen molar-refractivity contribution >= 4 is 40.0 Å². The molecule has 2 aromatic carbocycles. The average Bonchev–Trinajstić information content (AvgIpc) is 2.64. The van der Waals surface area contributed by atoms with Gasteiger partial charge in [0.15, 0.2) is 0 Å². The Morgan fingerprint density at radius 1 is 1.08 bits per heavy atom. The van der Waals surface area contributed by atoms with Crippen molar-refractivity contribution in [3.05, 3.63) is 70.3 Å². The number of pyridine rings is 1. The molecule has 0 radical (unpaired) electrons.